The lowest BCUT2D eigenvalue weighted by atomic mass is 9.99. The van der Waals surface area contributed by atoms with Gasteiger partial charge in [0.15, 0.2) is 0 Å². The van der Waals surface area contributed by atoms with Gasteiger partial charge in [-0.1, -0.05) is 37.2 Å². The lowest BCUT2D eigenvalue weighted by Crippen LogP contribution is -2.39. The Morgan fingerprint density at radius 2 is 1.72 bits per heavy atom. The van der Waals surface area contributed by atoms with Crippen molar-refractivity contribution in [1.82, 2.24) is 10.2 Å². The van der Waals surface area contributed by atoms with Gasteiger partial charge in [-0.3, -0.25) is 4.79 Å². The van der Waals surface area contributed by atoms with E-state index in [9.17, 15) is 35.9 Å². The van der Waals surface area contributed by atoms with E-state index in [2.05, 4.69) is 10.6 Å². The molecule has 2 aromatic rings. The third kappa shape index (κ3) is 8.65. The fourth-order valence-corrected chi connectivity index (χ4v) is 4.82. The van der Waals surface area contributed by atoms with Gasteiger partial charge in [0.2, 0.25) is 5.91 Å². The van der Waals surface area contributed by atoms with E-state index in [1.165, 1.54) is 29.2 Å². The van der Waals surface area contributed by atoms with Gasteiger partial charge in [-0.15, -0.1) is 0 Å². The van der Waals surface area contributed by atoms with Crippen molar-refractivity contribution in [2.75, 3.05) is 38.2 Å². The van der Waals surface area contributed by atoms with Gasteiger partial charge >= 0.3 is 18.4 Å². The maximum atomic E-state index is 14.1. The van der Waals surface area contributed by atoms with Crippen molar-refractivity contribution in [2.45, 2.75) is 41.9 Å². The van der Waals surface area contributed by atoms with Crippen molar-refractivity contribution in [3.05, 3.63) is 59.2 Å². The van der Waals surface area contributed by atoms with Crippen molar-refractivity contribution in [3.8, 4) is 0 Å². The first kappa shape index (κ1) is 30.4. The molecular formula is C26H27F6N3O3S. The zero-order valence-electron chi connectivity index (χ0n) is 20.9. The standard InChI is InChI=1S/C26H27F6N3O3S/c1-2-3-11-33-24(37)34-18-5-4-6-19(16-18)39-20-9-7-17(8-10-21(36)35-12-14-38-15-13-35)22(25(27,28)29)23(20)26(30,31)32/h4-10,16H,2-3,11-15H2,1H3,(H2,33,34,37). The van der Waals surface area contributed by atoms with Crippen molar-refractivity contribution >= 4 is 35.5 Å². The number of benzene rings is 2. The van der Waals surface area contributed by atoms with E-state index in [0.29, 0.717) is 18.3 Å². The normalized spacial score (nSPS) is 14.5. The van der Waals surface area contributed by atoms with Crippen molar-refractivity contribution in [3.63, 3.8) is 0 Å². The van der Waals surface area contributed by atoms with Gasteiger partial charge in [-0.05, 0) is 42.3 Å². The molecule has 1 heterocycles. The van der Waals surface area contributed by atoms with Crippen LogP contribution in [0, 0.1) is 0 Å². The topological polar surface area (TPSA) is 70.7 Å². The number of amides is 3. The predicted octanol–water partition coefficient (Wildman–Crippen LogP) is 6.67. The van der Waals surface area contributed by atoms with Crippen molar-refractivity contribution in [1.29, 1.82) is 0 Å². The van der Waals surface area contributed by atoms with Gasteiger partial charge in [0.1, 0.15) is 0 Å². The monoisotopic (exact) mass is 575 g/mol. The first-order valence-electron chi connectivity index (χ1n) is 12.1. The van der Waals surface area contributed by atoms with E-state index in [1.54, 1.807) is 0 Å². The number of unbranched alkanes of at least 4 members (excludes halogenated alkanes) is 1. The molecule has 1 saturated heterocycles. The highest BCUT2D eigenvalue weighted by Gasteiger charge is 2.46. The van der Waals surface area contributed by atoms with Crippen LogP contribution in [0.3, 0.4) is 0 Å². The van der Waals surface area contributed by atoms with Gasteiger partial charge in [0.05, 0.1) is 24.3 Å². The second-order valence-electron chi connectivity index (χ2n) is 8.53. The summed E-state index contributed by atoms with van der Waals surface area (Å²) < 4.78 is 89.7. The summed E-state index contributed by atoms with van der Waals surface area (Å²) in [6.07, 6.45) is -7.48. The molecule has 1 fully saturated rings. The van der Waals surface area contributed by atoms with Gasteiger partial charge in [0.25, 0.3) is 0 Å². The molecule has 0 atom stereocenters. The van der Waals surface area contributed by atoms with Crippen molar-refractivity contribution < 1.29 is 40.7 Å². The van der Waals surface area contributed by atoms with Crippen LogP contribution in [0.1, 0.15) is 36.5 Å². The number of hydrogen-bond acceptors (Lipinski definition) is 4. The number of nitrogens with one attached hydrogen (secondary N) is 2. The van der Waals surface area contributed by atoms with Crippen molar-refractivity contribution in [2.24, 2.45) is 0 Å². The number of morpholine rings is 1. The molecule has 0 bridgehead atoms. The molecule has 13 heteroatoms. The van der Waals surface area contributed by atoms with Gasteiger partial charge in [-0.2, -0.15) is 26.3 Å². The highest BCUT2D eigenvalue weighted by molar-refractivity contribution is 7.99. The SMILES string of the molecule is CCCCNC(=O)Nc1cccc(Sc2ccc(C=CC(=O)N3CCOCC3)c(C(F)(F)F)c2C(F)(F)F)c1. The molecule has 0 aromatic heterocycles. The summed E-state index contributed by atoms with van der Waals surface area (Å²) in [6.45, 7) is 3.37. The fourth-order valence-electron chi connectivity index (χ4n) is 3.78. The molecule has 1 aliphatic rings. The number of anilines is 1. The molecule has 0 saturated carbocycles. The number of hydrogen-bond donors (Lipinski definition) is 2. The zero-order chi connectivity index (χ0) is 28.6. The minimum atomic E-state index is -5.36. The summed E-state index contributed by atoms with van der Waals surface area (Å²) in [5, 5.41) is 5.18. The number of alkyl halides is 6. The maximum Gasteiger partial charge on any atom is 0.418 e. The summed E-state index contributed by atoms with van der Waals surface area (Å²) >= 11 is 0.485. The highest BCUT2D eigenvalue weighted by Crippen LogP contribution is 2.48. The van der Waals surface area contributed by atoms with Gasteiger partial charge < -0.3 is 20.3 Å². The maximum absolute atomic E-state index is 14.1. The van der Waals surface area contributed by atoms with Crippen LogP contribution in [0.15, 0.2) is 52.3 Å². The van der Waals surface area contributed by atoms with E-state index in [0.717, 1.165) is 37.1 Å². The fraction of sp³-hybridized carbons (Fsp3) is 0.385. The highest BCUT2D eigenvalue weighted by atomic mass is 32.2. The molecule has 3 rings (SSSR count). The van der Waals surface area contributed by atoms with Crippen LogP contribution in [0.5, 0.6) is 0 Å². The summed E-state index contributed by atoms with van der Waals surface area (Å²) in [5.41, 5.74) is -4.24. The van der Waals surface area contributed by atoms with Crippen LogP contribution >= 0.6 is 11.8 Å². The second-order valence-corrected chi connectivity index (χ2v) is 9.65. The first-order valence-corrected chi connectivity index (χ1v) is 12.9. The number of carbonyl (C=O) groups excluding carboxylic acids is 2. The Kier molecular flexibility index (Phi) is 10.3. The van der Waals surface area contributed by atoms with Gasteiger partial charge in [0, 0.05) is 41.2 Å². The average Bonchev–Trinajstić information content (AvgIpc) is 2.87. The van der Waals surface area contributed by atoms with E-state index in [1.807, 2.05) is 6.92 Å². The van der Waals surface area contributed by atoms with Crippen LogP contribution in [0.4, 0.5) is 36.8 Å². The smallest absolute Gasteiger partial charge is 0.378 e. The minimum Gasteiger partial charge on any atom is -0.378 e. The largest absolute Gasteiger partial charge is 0.418 e. The molecule has 0 spiro atoms. The number of carbonyl (C=O) groups is 2. The van der Waals surface area contributed by atoms with Crippen LogP contribution in [0.2, 0.25) is 0 Å². The Balaban J connectivity index is 1.94. The van der Waals surface area contributed by atoms with E-state index >= 15 is 0 Å². The Hall–Kier alpha value is -3.19. The minimum absolute atomic E-state index is 0.186. The Labute approximate surface area is 225 Å². The quantitative estimate of drug-likeness (QED) is 0.210. The number of halogens is 6. The molecule has 1 aliphatic heterocycles. The molecule has 0 radical (unpaired) electrons. The van der Waals surface area contributed by atoms with E-state index < -0.39 is 45.9 Å². The number of nitrogens with zero attached hydrogens (tertiary/aromatic N) is 1. The number of urea groups is 1. The molecule has 2 N–H and O–H groups in total. The third-order valence-electron chi connectivity index (χ3n) is 5.63. The van der Waals surface area contributed by atoms with Crippen LogP contribution in [-0.4, -0.2) is 49.7 Å². The lowest BCUT2D eigenvalue weighted by molar-refractivity contribution is -0.163. The molecule has 39 heavy (non-hydrogen) atoms. The molecule has 0 aliphatic carbocycles. The van der Waals surface area contributed by atoms with Crippen LogP contribution in [-0.2, 0) is 21.9 Å². The predicted molar refractivity (Wildman–Crippen MR) is 135 cm³/mol. The lowest BCUT2D eigenvalue weighted by Gasteiger charge is -2.25. The summed E-state index contributed by atoms with van der Waals surface area (Å²) in [5.74, 6) is -0.624. The summed E-state index contributed by atoms with van der Waals surface area (Å²) in [4.78, 5) is 25.2. The van der Waals surface area contributed by atoms with E-state index in [4.69, 9.17) is 4.74 Å². The molecule has 3 amide bonds. The summed E-state index contributed by atoms with van der Waals surface area (Å²) in [6, 6.07) is 7.11. The Bertz CT molecular complexity index is 1190. The molecular weight excluding hydrogens is 548 g/mol. The Morgan fingerprint density at radius 3 is 2.36 bits per heavy atom. The Morgan fingerprint density at radius 1 is 1.03 bits per heavy atom. The summed E-state index contributed by atoms with van der Waals surface area (Å²) in [7, 11) is 0. The second kappa shape index (κ2) is 13.2. The molecule has 2 aromatic carbocycles. The zero-order valence-corrected chi connectivity index (χ0v) is 21.7. The molecule has 212 valence electrons. The molecule has 0 unspecified atom stereocenters. The first-order chi connectivity index (χ1) is 18.4. The number of rotatable bonds is 8. The third-order valence-corrected chi connectivity index (χ3v) is 6.68. The average molecular weight is 576 g/mol. The number of ether oxygens (including phenoxy) is 1. The van der Waals surface area contributed by atoms with E-state index in [-0.39, 0.29) is 36.9 Å². The van der Waals surface area contributed by atoms with Crippen LogP contribution < -0.4 is 10.6 Å². The van der Waals surface area contributed by atoms with Crippen LogP contribution in [0.25, 0.3) is 6.08 Å². The van der Waals surface area contributed by atoms with Gasteiger partial charge in [-0.25, -0.2) is 4.79 Å². The molecule has 6 nitrogen and oxygen atoms in total.